The van der Waals surface area contributed by atoms with E-state index < -0.39 is 0 Å². The molecule has 0 aliphatic heterocycles. The molecular weight excluding hydrogens is 270 g/mol. The highest BCUT2D eigenvalue weighted by Gasteiger charge is 2.13. The summed E-state index contributed by atoms with van der Waals surface area (Å²) in [7, 11) is 0. The number of para-hydroxylation sites is 1. The molecule has 21 heavy (non-hydrogen) atoms. The third-order valence-electron chi connectivity index (χ3n) is 2.77. The van der Waals surface area contributed by atoms with Gasteiger partial charge in [0.1, 0.15) is 11.5 Å². The number of benzene rings is 1. The Hall–Kier alpha value is -3.16. The van der Waals surface area contributed by atoms with Crippen molar-refractivity contribution in [3.63, 3.8) is 0 Å². The molecule has 3 rings (SSSR count). The fraction of sp³-hybridized carbons (Fsp3) is 0.0769. The number of anilines is 1. The van der Waals surface area contributed by atoms with Crippen LogP contribution in [0.25, 0.3) is 11.4 Å². The van der Waals surface area contributed by atoms with Crippen LogP contribution in [0, 0.1) is 6.92 Å². The summed E-state index contributed by atoms with van der Waals surface area (Å²) in [6.07, 6.45) is 1.54. The highest BCUT2D eigenvalue weighted by Crippen LogP contribution is 2.24. The molecule has 0 fully saturated rings. The summed E-state index contributed by atoms with van der Waals surface area (Å²) in [5.41, 5.74) is 1.55. The maximum atomic E-state index is 12.2. The van der Waals surface area contributed by atoms with Crippen molar-refractivity contribution in [1.29, 1.82) is 0 Å². The second-order valence-electron chi connectivity index (χ2n) is 4.22. The molecule has 0 bridgehead atoms. The normalized spacial score (nSPS) is 10.3. The number of carbonyl (C=O) groups is 1. The first-order valence-corrected chi connectivity index (χ1v) is 6.18. The fourth-order valence-corrected chi connectivity index (χ4v) is 1.83. The van der Waals surface area contributed by atoms with Gasteiger partial charge >= 0.3 is 0 Å². The van der Waals surface area contributed by atoms with Gasteiger partial charge in [-0.05, 0) is 30.3 Å². The summed E-state index contributed by atoms with van der Waals surface area (Å²) in [5, 5.41) is 16.5. The van der Waals surface area contributed by atoms with Crippen LogP contribution in [0.5, 0.6) is 0 Å². The number of tetrazole rings is 1. The number of carbonyl (C=O) groups excluding carboxylic acids is 1. The van der Waals surface area contributed by atoms with Crippen LogP contribution >= 0.6 is 0 Å². The van der Waals surface area contributed by atoms with E-state index in [1.54, 1.807) is 31.3 Å². The van der Waals surface area contributed by atoms with Crippen molar-refractivity contribution in [1.82, 2.24) is 30.6 Å². The monoisotopic (exact) mass is 281 g/mol. The molecule has 0 radical (unpaired) electrons. The number of nitrogens with one attached hydrogen (secondary N) is 2. The van der Waals surface area contributed by atoms with Crippen molar-refractivity contribution < 1.29 is 4.79 Å². The van der Waals surface area contributed by atoms with Crippen molar-refractivity contribution in [2.24, 2.45) is 0 Å². The first-order valence-electron chi connectivity index (χ1n) is 6.18. The smallest absolute Gasteiger partial charge is 0.274 e. The van der Waals surface area contributed by atoms with Crippen LogP contribution in [0.2, 0.25) is 0 Å². The first-order chi connectivity index (χ1) is 10.2. The molecular formula is C13H11N7O. The van der Waals surface area contributed by atoms with Crippen molar-refractivity contribution in [2.75, 3.05) is 5.32 Å². The summed E-state index contributed by atoms with van der Waals surface area (Å²) in [6.45, 7) is 1.73. The van der Waals surface area contributed by atoms with E-state index in [2.05, 4.69) is 35.9 Å². The maximum absolute atomic E-state index is 12.2. The summed E-state index contributed by atoms with van der Waals surface area (Å²) in [6, 6.07) is 8.75. The van der Waals surface area contributed by atoms with Crippen molar-refractivity contribution in [3.05, 3.63) is 48.0 Å². The Balaban J connectivity index is 1.90. The Bertz CT molecular complexity index is 770. The SMILES string of the molecule is Cc1nccc(C(=O)Nc2ccccc2-c2nn[nH]n2)n1. The third-order valence-corrected chi connectivity index (χ3v) is 2.77. The van der Waals surface area contributed by atoms with Crippen LogP contribution in [0.15, 0.2) is 36.5 Å². The Kier molecular flexibility index (Phi) is 3.34. The quantitative estimate of drug-likeness (QED) is 0.747. The zero-order chi connectivity index (χ0) is 14.7. The predicted molar refractivity (Wildman–Crippen MR) is 74.3 cm³/mol. The van der Waals surface area contributed by atoms with Crippen LogP contribution in [0.3, 0.4) is 0 Å². The van der Waals surface area contributed by atoms with Gasteiger partial charge in [0.2, 0.25) is 5.82 Å². The number of hydrogen-bond acceptors (Lipinski definition) is 6. The lowest BCUT2D eigenvalue weighted by Crippen LogP contribution is -2.15. The van der Waals surface area contributed by atoms with Gasteiger partial charge in [-0.25, -0.2) is 9.97 Å². The Morgan fingerprint density at radius 3 is 2.86 bits per heavy atom. The lowest BCUT2D eigenvalue weighted by atomic mass is 10.1. The van der Waals surface area contributed by atoms with Crippen LogP contribution in [-0.4, -0.2) is 36.5 Å². The minimum absolute atomic E-state index is 0.297. The molecule has 1 aromatic carbocycles. The van der Waals surface area contributed by atoms with Gasteiger partial charge in [-0.1, -0.05) is 12.1 Å². The van der Waals surface area contributed by atoms with E-state index in [0.29, 0.717) is 28.6 Å². The topological polar surface area (TPSA) is 109 Å². The molecule has 1 amide bonds. The molecule has 0 aliphatic carbocycles. The third kappa shape index (κ3) is 2.73. The number of hydrogen-bond donors (Lipinski definition) is 2. The number of aromatic amines is 1. The molecule has 8 heteroatoms. The van der Waals surface area contributed by atoms with Crippen molar-refractivity contribution in [3.8, 4) is 11.4 Å². The molecule has 0 saturated heterocycles. The lowest BCUT2D eigenvalue weighted by molar-refractivity contribution is 0.102. The van der Waals surface area contributed by atoms with E-state index in [9.17, 15) is 4.79 Å². The first kappa shape index (κ1) is 12.9. The van der Waals surface area contributed by atoms with E-state index in [4.69, 9.17) is 0 Å². The molecule has 2 N–H and O–H groups in total. The molecule has 0 saturated carbocycles. The van der Waals surface area contributed by atoms with Gasteiger partial charge in [0.25, 0.3) is 5.91 Å². The highest BCUT2D eigenvalue weighted by molar-refractivity contribution is 6.04. The number of aromatic nitrogens is 6. The summed E-state index contributed by atoms with van der Waals surface area (Å²) < 4.78 is 0. The average molecular weight is 281 g/mol. The van der Waals surface area contributed by atoms with Gasteiger partial charge in [-0.2, -0.15) is 5.21 Å². The second kappa shape index (κ2) is 5.45. The number of H-pyrrole nitrogens is 1. The highest BCUT2D eigenvalue weighted by atomic mass is 16.1. The molecule has 0 atom stereocenters. The number of rotatable bonds is 3. The minimum Gasteiger partial charge on any atom is -0.320 e. The van der Waals surface area contributed by atoms with Crippen LogP contribution in [0.1, 0.15) is 16.3 Å². The standard InChI is InChI=1S/C13H11N7O/c1-8-14-7-6-11(15-8)13(21)16-10-5-3-2-4-9(10)12-17-19-20-18-12/h2-7H,1H3,(H,16,21)(H,17,18,19,20). The van der Waals surface area contributed by atoms with Gasteiger partial charge in [0.05, 0.1) is 5.69 Å². The Labute approximate surface area is 119 Å². The maximum Gasteiger partial charge on any atom is 0.274 e. The molecule has 2 heterocycles. The van der Waals surface area contributed by atoms with E-state index in [0.717, 1.165) is 0 Å². The van der Waals surface area contributed by atoms with E-state index >= 15 is 0 Å². The average Bonchev–Trinajstić information content (AvgIpc) is 3.02. The number of amides is 1. The van der Waals surface area contributed by atoms with Crippen LogP contribution in [0.4, 0.5) is 5.69 Å². The number of aryl methyl sites for hydroxylation is 1. The number of nitrogens with zero attached hydrogens (tertiary/aromatic N) is 5. The molecule has 3 aromatic rings. The minimum atomic E-state index is -0.323. The zero-order valence-electron chi connectivity index (χ0n) is 11.1. The van der Waals surface area contributed by atoms with E-state index in [1.165, 1.54) is 0 Å². The van der Waals surface area contributed by atoms with E-state index in [-0.39, 0.29) is 5.91 Å². The summed E-state index contributed by atoms with van der Waals surface area (Å²) >= 11 is 0. The zero-order valence-corrected chi connectivity index (χ0v) is 11.1. The lowest BCUT2D eigenvalue weighted by Gasteiger charge is -2.08. The van der Waals surface area contributed by atoms with Gasteiger partial charge in [-0.15, -0.1) is 10.2 Å². The van der Waals surface area contributed by atoms with Gasteiger partial charge < -0.3 is 5.32 Å². The summed E-state index contributed by atoms with van der Waals surface area (Å²) in [4.78, 5) is 20.3. The van der Waals surface area contributed by atoms with Crippen molar-refractivity contribution >= 4 is 11.6 Å². The molecule has 2 aromatic heterocycles. The largest absolute Gasteiger partial charge is 0.320 e. The Morgan fingerprint density at radius 2 is 2.10 bits per heavy atom. The van der Waals surface area contributed by atoms with Crippen LogP contribution in [-0.2, 0) is 0 Å². The fourth-order valence-electron chi connectivity index (χ4n) is 1.83. The van der Waals surface area contributed by atoms with Crippen LogP contribution < -0.4 is 5.32 Å². The van der Waals surface area contributed by atoms with E-state index in [1.807, 2.05) is 12.1 Å². The van der Waals surface area contributed by atoms with Gasteiger partial charge in [0.15, 0.2) is 0 Å². The molecule has 8 nitrogen and oxygen atoms in total. The molecule has 104 valence electrons. The Morgan fingerprint density at radius 1 is 1.24 bits per heavy atom. The van der Waals surface area contributed by atoms with Gasteiger partial charge in [-0.3, -0.25) is 4.79 Å². The molecule has 0 unspecified atom stereocenters. The van der Waals surface area contributed by atoms with Gasteiger partial charge in [0, 0.05) is 11.8 Å². The summed E-state index contributed by atoms with van der Waals surface area (Å²) in [5.74, 6) is 0.621. The predicted octanol–water partition coefficient (Wildman–Crippen LogP) is 1.22. The second-order valence-corrected chi connectivity index (χ2v) is 4.22. The van der Waals surface area contributed by atoms with Crippen molar-refractivity contribution in [2.45, 2.75) is 6.92 Å². The molecule has 0 aliphatic rings. The molecule has 0 spiro atoms.